The van der Waals surface area contributed by atoms with Crippen LogP contribution in [0.1, 0.15) is 34.7 Å². The van der Waals surface area contributed by atoms with Gasteiger partial charge < -0.3 is 29.0 Å². The third kappa shape index (κ3) is 4.68. The fourth-order valence-corrected chi connectivity index (χ4v) is 4.29. The van der Waals surface area contributed by atoms with Crippen molar-refractivity contribution in [1.29, 1.82) is 0 Å². The highest BCUT2D eigenvalue weighted by molar-refractivity contribution is 5.77. The monoisotopic (exact) mass is 491 g/mol. The number of phenolic OH excluding ortho intramolecular Hbond substituents is 2. The molecule has 0 aliphatic heterocycles. The molecule has 4 rings (SSSR count). The van der Waals surface area contributed by atoms with E-state index in [4.69, 9.17) is 9.15 Å². The van der Waals surface area contributed by atoms with E-state index in [0.29, 0.717) is 23.3 Å². The van der Waals surface area contributed by atoms with E-state index in [0.717, 1.165) is 0 Å². The van der Waals surface area contributed by atoms with Gasteiger partial charge in [-0.15, -0.1) is 0 Å². The number of aryl methyl sites for hydroxylation is 2. The number of methoxy groups -OCH3 is 1. The Bertz CT molecular complexity index is 1570. The van der Waals surface area contributed by atoms with Crippen molar-refractivity contribution in [3.8, 4) is 17.2 Å². The van der Waals surface area contributed by atoms with E-state index in [-0.39, 0.29) is 46.7 Å². The number of carbonyl (C=O) groups excluding carboxylic acids is 1. The maximum atomic E-state index is 13.6. The molecule has 36 heavy (non-hydrogen) atoms. The molecule has 2 aromatic carbocycles. The first kappa shape index (κ1) is 24.6. The number of aromatic hydroxyl groups is 3. The molecule has 186 valence electrons. The molecule has 9 heteroatoms. The fraction of sp³-hybridized carbons (Fsp3) is 0.222. The molecule has 0 radical (unpaired) electrons. The summed E-state index contributed by atoms with van der Waals surface area (Å²) in [5.74, 6) is -2.66. The molecule has 9 nitrogen and oxygen atoms in total. The van der Waals surface area contributed by atoms with Crippen LogP contribution in [0.4, 0.5) is 0 Å². The molecule has 0 fully saturated rings. The van der Waals surface area contributed by atoms with Gasteiger partial charge in [-0.2, -0.15) is 0 Å². The summed E-state index contributed by atoms with van der Waals surface area (Å²) in [5.41, 5.74) is 0.422. The third-order valence-corrected chi connectivity index (χ3v) is 6.22. The molecule has 0 saturated heterocycles. The Kier molecular flexibility index (Phi) is 6.82. The number of para-hydroxylation sites is 1. The number of esters is 1. The van der Waals surface area contributed by atoms with Crippen LogP contribution in [0.25, 0.3) is 11.0 Å². The Hall–Kier alpha value is -4.53. The zero-order valence-corrected chi connectivity index (χ0v) is 19.7. The Morgan fingerprint density at radius 1 is 1.03 bits per heavy atom. The van der Waals surface area contributed by atoms with E-state index in [1.807, 2.05) is 0 Å². The molecule has 3 N–H and O–H groups in total. The lowest BCUT2D eigenvalue weighted by atomic mass is 9.88. The molecule has 0 saturated carbocycles. The summed E-state index contributed by atoms with van der Waals surface area (Å²) in [4.78, 5) is 39.3. The summed E-state index contributed by atoms with van der Waals surface area (Å²) in [6, 6.07) is 12.4. The molecule has 2 heterocycles. The first-order valence-corrected chi connectivity index (χ1v) is 11.2. The minimum Gasteiger partial charge on any atom is -0.507 e. The van der Waals surface area contributed by atoms with Gasteiger partial charge in [0.2, 0.25) is 0 Å². The Morgan fingerprint density at radius 3 is 2.50 bits per heavy atom. The highest BCUT2D eigenvalue weighted by atomic mass is 16.5. The molecular weight excluding hydrogens is 466 g/mol. The van der Waals surface area contributed by atoms with Gasteiger partial charge in [-0.05, 0) is 49.2 Å². The summed E-state index contributed by atoms with van der Waals surface area (Å²) in [6.07, 6.45) is 1.18. The average molecular weight is 491 g/mol. The van der Waals surface area contributed by atoms with Gasteiger partial charge in [-0.25, -0.2) is 0 Å². The van der Waals surface area contributed by atoms with E-state index >= 15 is 0 Å². The molecule has 0 unspecified atom stereocenters. The van der Waals surface area contributed by atoms with Crippen molar-refractivity contribution in [1.82, 2.24) is 4.57 Å². The van der Waals surface area contributed by atoms with Crippen LogP contribution < -0.4 is 11.0 Å². The summed E-state index contributed by atoms with van der Waals surface area (Å²) in [7, 11) is 1.20. The van der Waals surface area contributed by atoms with Crippen molar-refractivity contribution < 1.29 is 29.3 Å². The van der Waals surface area contributed by atoms with E-state index in [1.165, 1.54) is 36.1 Å². The zero-order valence-electron chi connectivity index (χ0n) is 19.7. The van der Waals surface area contributed by atoms with Crippen molar-refractivity contribution in [3.63, 3.8) is 0 Å². The number of hydrogen-bond acceptors (Lipinski definition) is 8. The molecule has 0 aliphatic carbocycles. The fourth-order valence-electron chi connectivity index (χ4n) is 4.29. The van der Waals surface area contributed by atoms with Crippen molar-refractivity contribution in [3.05, 3.63) is 97.8 Å². The summed E-state index contributed by atoms with van der Waals surface area (Å²) >= 11 is 0. The molecule has 4 aromatic rings. The lowest BCUT2D eigenvalue weighted by molar-refractivity contribution is -0.140. The smallest absolute Gasteiger partial charge is 0.306 e. The Labute approximate surface area is 205 Å². The first-order chi connectivity index (χ1) is 17.2. The molecule has 0 amide bonds. The van der Waals surface area contributed by atoms with Gasteiger partial charge in [0.25, 0.3) is 5.56 Å². The SMILES string of the molecule is COC(=O)C[C@@H](c1coc2ccccc2c1=O)c1c(O)cc(C)n(CCc2ccc(O)c(O)c2)c1=O. The topological polar surface area (TPSA) is 139 Å². The lowest BCUT2D eigenvalue weighted by Gasteiger charge is -2.20. The molecule has 0 aliphatic rings. The van der Waals surface area contributed by atoms with Crippen LogP contribution in [-0.4, -0.2) is 33.0 Å². The second kappa shape index (κ2) is 9.99. The van der Waals surface area contributed by atoms with Crippen LogP contribution >= 0.6 is 0 Å². The van der Waals surface area contributed by atoms with E-state index in [2.05, 4.69) is 0 Å². The largest absolute Gasteiger partial charge is 0.507 e. The van der Waals surface area contributed by atoms with Gasteiger partial charge in [-0.1, -0.05) is 18.2 Å². The van der Waals surface area contributed by atoms with Gasteiger partial charge in [0.1, 0.15) is 11.3 Å². The van der Waals surface area contributed by atoms with Crippen molar-refractivity contribution in [2.75, 3.05) is 7.11 Å². The van der Waals surface area contributed by atoms with Crippen LogP contribution in [0.2, 0.25) is 0 Å². The second-order valence-corrected chi connectivity index (χ2v) is 8.46. The first-order valence-electron chi connectivity index (χ1n) is 11.2. The quantitative estimate of drug-likeness (QED) is 0.264. The number of phenols is 2. The van der Waals surface area contributed by atoms with Crippen LogP contribution in [0.15, 0.2) is 68.8 Å². The second-order valence-electron chi connectivity index (χ2n) is 8.46. The predicted octanol–water partition coefficient (Wildman–Crippen LogP) is 3.32. The van der Waals surface area contributed by atoms with Crippen molar-refractivity contribution >= 4 is 16.9 Å². The number of nitrogens with zero attached hydrogens (tertiary/aromatic N) is 1. The maximum absolute atomic E-state index is 13.6. The molecule has 0 spiro atoms. The molecule has 0 bridgehead atoms. The number of hydrogen-bond donors (Lipinski definition) is 3. The summed E-state index contributed by atoms with van der Waals surface area (Å²) in [6.45, 7) is 1.83. The van der Waals surface area contributed by atoms with Crippen LogP contribution in [0.5, 0.6) is 17.2 Å². The van der Waals surface area contributed by atoms with E-state index in [1.54, 1.807) is 37.3 Å². The number of ether oxygens (including phenoxy) is 1. The highest BCUT2D eigenvalue weighted by Gasteiger charge is 2.29. The summed E-state index contributed by atoms with van der Waals surface area (Å²) in [5, 5.41) is 30.4. The minimum absolute atomic E-state index is 0.0466. The van der Waals surface area contributed by atoms with Crippen molar-refractivity contribution in [2.24, 2.45) is 0 Å². The Morgan fingerprint density at radius 2 is 1.78 bits per heavy atom. The average Bonchev–Trinajstić information content (AvgIpc) is 2.85. The van der Waals surface area contributed by atoms with Gasteiger partial charge in [-0.3, -0.25) is 14.4 Å². The van der Waals surface area contributed by atoms with Crippen LogP contribution in [-0.2, 0) is 22.5 Å². The number of rotatable bonds is 7. The van der Waals surface area contributed by atoms with Crippen molar-refractivity contribution in [2.45, 2.75) is 32.2 Å². The zero-order chi connectivity index (χ0) is 26.0. The number of carbonyl (C=O) groups is 1. The lowest BCUT2D eigenvalue weighted by Crippen LogP contribution is -2.30. The Balaban J connectivity index is 1.83. The van der Waals surface area contributed by atoms with Gasteiger partial charge >= 0.3 is 5.97 Å². The standard InChI is InChI=1S/C27H25NO8/c1-15-11-22(31)25(27(34)28(15)10-9-16-7-8-20(29)21(30)12-16)18(13-24(32)35-2)19-14-36-23-6-4-3-5-17(23)26(19)33/h3-8,11-12,14,18,29-31H,9-10,13H2,1-2H3/t18-/m0/s1. The number of benzene rings is 2. The van der Waals surface area contributed by atoms with Crippen LogP contribution in [0, 0.1) is 6.92 Å². The van der Waals surface area contributed by atoms with Gasteiger partial charge in [0, 0.05) is 23.7 Å². The summed E-state index contributed by atoms with van der Waals surface area (Å²) < 4.78 is 11.8. The van der Waals surface area contributed by atoms with E-state index < -0.39 is 22.9 Å². The maximum Gasteiger partial charge on any atom is 0.306 e. The minimum atomic E-state index is -1.12. The third-order valence-electron chi connectivity index (χ3n) is 6.22. The number of pyridine rings is 1. The van der Waals surface area contributed by atoms with Gasteiger partial charge in [0.05, 0.1) is 30.7 Å². The number of aromatic nitrogens is 1. The normalized spacial score (nSPS) is 11.9. The number of fused-ring (bicyclic) bond motifs is 1. The van der Waals surface area contributed by atoms with E-state index in [9.17, 15) is 29.7 Å². The molecular formula is C27H25NO8. The molecule has 1 atom stereocenters. The molecule has 2 aromatic heterocycles. The predicted molar refractivity (Wildman–Crippen MR) is 132 cm³/mol. The van der Waals surface area contributed by atoms with Gasteiger partial charge in [0.15, 0.2) is 16.9 Å². The van der Waals surface area contributed by atoms with Crippen LogP contribution in [0.3, 0.4) is 0 Å². The highest BCUT2D eigenvalue weighted by Crippen LogP contribution is 2.32.